The van der Waals surface area contributed by atoms with Gasteiger partial charge in [0.15, 0.2) is 0 Å². The lowest BCUT2D eigenvalue weighted by Crippen LogP contribution is -2.26. The van der Waals surface area contributed by atoms with Gasteiger partial charge in [-0.15, -0.1) is 6.58 Å². The lowest BCUT2D eigenvalue weighted by Gasteiger charge is -2.18. The van der Waals surface area contributed by atoms with Crippen LogP contribution in [-0.2, 0) is 4.74 Å². The second kappa shape index (κ2) is 11.2. The van der Waals surface area contributed by atoms with E-state index in [4.69, 9.17) is 4.74 Å². The highest BCUT2D eigenvalue weighted by Crippen LogP contribution is 2.11. The smallest absolute Gasteiger partial charge is 0.0543 e. The quantitative estimate of drug-likeness (QED) is 0.431. The molecular formula is C14H29NO. The number of methoxy groups -OCH3 is 1. The molecule has 1 N–H and O–H groups in total. The van der Waals surface area contributed by atoms with E-state index in [0.29, 0.717) is 12.1 Å². The van der Waals surface area contributed by atoms with Crippen LogP contribution in [0.15, 0.2) is 12.7 Å². The summed E-state index contributed by atoms with van der Waals surface area (Å²) in [5.41, 5.74) is 0. The Kier molecular flexibility index (Phi) is 10.9. The van der Waals surface area contributed by atoms with Gasteiger partial charge in [0, 0.05) is 13.2 Å². The lowest BCUT2D eigenvalue weighted by atomic mass is 10.0. The predicted octanol–water partition coefficient (Wildman–Crippen LogP) is 3.53. The molecule has 0 aliphatic rings. The molecule has 0 aliphatic carbocycles. The summed E-state index contributed by atoms with van der Waals surface area (Å²) in [5, 5.41) is 3.40. The zero-order chi connectivity index (χ0) is 12.2. The van der Waals surface area contributed by atoms with Crippen LogP contribution < -0.4 is 5.32 Å². The third kappa shape index (κ3) is 8.93. The molecule has 0 fully saturated rings. The first-order valence-electron chi connectivity index (χ1n) is 6.55. The topological polar surface area (TPSA) is 21.3 Å². The summed E-state index contributed by atoms with van der Waals surface area (Å²) >= 11 is 0. The van der Waals surface area contributed by atoms with Crippen LogP contribution in [0.5, 0.6) is 0 Å². The minimum absolute atomic E-state index is 0.386. The van der Waals surface area contributed by atoms with Crippen LogP contribution in [0.2, 0.25) is 0 Å². The zero-order valence-corrected chi connectivity index (χ0v) is 11.3. The molecule has 2 atom stereocenters. The Balaban J connectivity index is 3.47. The Hall–Kier alpha value is -0.340. The molecule has 0 aromatic carbocycles. The standard InChI is InChI=1S/C14H29NO/c1-5-6-7-8-9-10-14(15-3)12-11-13(2)16-4/h5,13-15H,1,6-12H2,2-4H3. The zero-order valence-electron chi connectivity index (χ0n) is 11.3. The molecular weight excluding hydrogens is 198 g/mol. The molecule has 0 spiro atoms. The van der Waals surface area contributed by atoms with Gasteiger partial charge in [0.25, 0.3) is 0 Å². The van der Waals surface area contributed by atoms with E-state index in [9.17, 15) is 0 Å². The van der Waals surface area contributed by atoms with Gasteiger partial charge in [-0.2, -0.15) is 0 Å². The molecule has 0 aliphatic heterocycles. The van der Waals surface area contributed by atoms with Crippen molar-refractivity contribution in [1.29, 1.82) is 0 Å². The maximum absolute atomic E-state index is 5.26. The highest BCUT2D eigenvalue weighted by Gasteiger charge is 2.08. The highest BCUT2D eigenvalue weighted by molar-refractivity contribution is 4.68. The summed E-state index contributed by atoms with van der Waals surface area (Å²) in [6.07, 6.45) is 11.1. The number of ether oxygens (including phenoxy) is 1. The van der Waals surface area contributed by atoms with Crippen LogP contribution in [0.4, 0.5) is 0 Å². The molecule has 2 heteroatoms. The number of hydrogen-bond acceptors (Lipinski definition) is 2. The fourth-order valence-corrected chi connectivity index (χ4v) is 1.84. The summed E-state index contributed by atoms with van der Waals surface area (Å²) in [7, 11) is 3.85. The van der Waals surface area contributed by atoms with E-state index in [-0.39, 0.29) is 0 Å². The van der Waals surface area contributed by atoms with Gasteiger partial charge in [-0.05, 0) is 46.1 Å². The van der Waals surface area contributed by atoms with Crippen molar-refractivity contribution in [2.24, 2.45) is 0 Å². The number of unbranched alkanes of at least 4 members (excludes halogenated alkanes) is 3. The van der Waals surface area contributed by atoms with E-state index >= 15 is 0 Å². The van der Waals surface area contributed by atoms with Crippen LogP contribution in [-0.4, -0.2) is 26.3 Å². The van der Waals surface area contributed by atoms with Gasteiger partial charge in [-0.25, -0.2) is 0 Å². The third-order valence-corrected chi connectivity index (χ3v) is 3.19. The second-order valence-corrected chi connectivity index (χ2v) is 4.54. The van der Waals surface area contributed by atoms with E-state index in [1.165, 1.54) is 32.1 Å². The normalized spacial score (nSPS) is 14.7. The molecule has 0 heterocycles. The summed E-state index contributed by atoms with van der Waals surface area (Å²) in [6.45, 7) is 5.88. The SMILES string of the molecule is C=CCCCCCC(CCC(C)OC)NC. The Morgan fingerprint density at radius 3 is 2.50 bits per heavy atom. The molecule has 0 aromatic heterocycles. The van der Waals surface area contributed by atoms with Gasteiger partial charge in [0.2, 0.25) is 0 Å². The van der Waals surface area contributed by atoms with Crippen molar-refractivity contribution < 1.29 is 4.74 Å². The van der Waals surface area contributed by atoms with Crippen molar-refractivity contribution in [2.75, 3.05) is 14.2 Å². The van der Waals surface area contributed by atoms with E-state index < -0.39 is 0 Å². The first-order valence-corrected chi connectivity index (χ1v) is 6.55. The Morgan fingerprint density at radius 2 is 1.94 bits per heavy atom. The minimum atomic E-state index is 0.386. The molecule has 0 aromatic rings. The average molecular weight is 227 g/mol. The van der Waals surface area contributed by atoms with E-state index in [1.54, 1.807) is 7.11 Å². The number of allylic oxidation sites excluding steroid dienone is 1. The Labute approximate surface area is 101 Å². The second-order valence-electron chi connectivity index (χ2n) is 4.54. The van der Waals surface area contributed by atoms with Crippen LogP contribution in [0.25, 0.3) is 0 Å². The van der Waals surface area contributed by atoms with Crippen LogP contribution in [0.3, 0.4) is 0 Å². The fraction of sp³-hybridized carbons (Fsp3) is 0.857. The van der Waals surface area contributed by atoms with Crippen LogP contribution >= 0.6 is 0 Å². The average Bonchev–Trinajstić information content (AvgIpc) is 2.32. The molecule has 0 amide bonds. The summed E-state index contributed by atoms with van der Waals surface area (Å²) in [4.78, 5) is 0. The molecule has 0 rings (SSSR count). The molecule has 0 saturated carbocycles. The largest absolute Gasteiger partial charge is 0.382 e. The van der Waals surface area contributed by atoms with Gasteiger partial charge in [0.1, 0.15) is 0 Å². The summed E-state index contributed by atoms with van der Waals surface area (Å²) < 4.78 is 5.26. The maximum atomic E-state index is 5.26. The molecule has 0 bridgehead atoms. The van der Waals surface area contributed by atoms with E-state index in [0.717, 1.165) is 12.8 Å². The van der Waals surface area contributed by atoms with E-state index in [1.807, 2.05) is 6.08 Å². The van der Waals surface area contributed by atoms with Crippen molar-refractivity contribution in [3.05, 3.63) is 12.7 Å². The van der Waals surface area contributed by atoms with Crippen molar-refractivity contribution in [1.82, 2.24) is 5.32 Å². The van der Waals surface area contributed by atoms with Gasteiger partial charge in [-0.3, -0.25) is 0 Å². The number of hydrogen-bond donors (Lipinski definition) is 1. The summed E-state index contributed by atoms with van der Waals surface area (Å²) in [6, 6.07) is 0.654. The molecule has 0 saturated heterocycles. The summed E-state index contributed by atoms with van der Waals surface area (Å²) in [5.74, 6) is 0. The predicted molar refractivity (Wildman–Crippen MR) is 71.8 cm³/mol. The van der Waals surface area contributed by atoms with Crippen molar-refractivity contribution >= 4 is 0 Å². The van der Waals surface area contributed by atoms with Gasteiger partial charge in [-0.1, -0.05) is 18.9 Å². The van der Waals surface area contributed by atoms with Gasteiger partial charge >= 0.3 is 0 Å². The Bertz CT molecular complexity index is 159. The first-order chi connectivity index (χ1) is 7.74. The highest BCUT2D eigenvalue weighted by atomic mass is 16.5. The third-order valence-electron chi connectivity index (χ3n) is 3.19. The molecule has 96 valence electrons. The minimum Gasteiger partial charge on any atom is -0.382 e. The lowest BCUT2D eigenvalue weighted by molar-refractivity contribution is 0.106. The first kappa shape index (κ1) is 15.7. The number of nitrogens with one attached hydrogen (secondary N) is 1. The molecule has 2 unspecified atom stereocenters. The monoisotopic (exact) mass is 227 g/mol. The molecule has 2 nitrogen and oxygen atoms in total. The van der Waals surface area contributed by atoms with Gasteiger partial charge in [0.05, 0.1) is 6.10 Å². The molecule has 0 radical (unpaired) electrons. The van der Waals surface area contributed by atoms with Crippen molar-refractivity contribution in [3.8, 4) is 0 Å². The van der Waals surface area contributed by atoms with Crippen molar-refractivity contribution in [3.63, 3.8) is 0 Å². The van der Waals surface area contributed by atoms with Gasteiger partial charge < -0.3 is 10.1 Å². The fourth-order valence-electron chi connectivity index (χ4n) is 1.84. The Morgan fingerprint density at radius 1 is 1.19 bits per heavy atom. The van der Waals surface area contributed by atoms with Crippen molar-refractivity contribution in [2.45, 2.75) is 64.0 Å². The number of rotatable bonds is 11. The molecule has 16 heavy (non-hydrogen) atoms. The van der Waals surface area contributed by atoms with Crippen LogP contribution in [0, 0.1) is 0 Å². The van der Waals surface area contributed by atoms with E-state index in [2.05, 4.69) is 25.9 Å². The van der Waals surface area contributed by atoms with Crippen LogP contribution in [0.1, 0.15) is 51.9 Å². The maximum Gasteiger partial charge on any atom is 0.0543 e.